The first-order valence-corrected chi connectivity index (χ1v) is 13.8. The molecule has 2 N–H and O–H groups in total. The van der Waals surface area contributed by atoms with Crippen molar-refractivity contribution in [1.29, 1.82) is 0 Å². The minimum absolute atomic E-state index is 0.0495. The number of fused-ring (bicyclic) bond motifs is 1. The number of nitrogens with one attached hydrogen (secondary N) is 2. The van der Waals surface area contributed by atoms with Gasteiger partial charge in [0.05, 0.1) is 7.11 Å². The zero-order valence-electron chi connectivity index (χ0n) is 23.4. The summed E-state index contributed by atoms with van der Waals surface area (Å²) in [5.41, 5.74) is 5.13. The van der Waals surface area contributed by atoms with Crippen molar-refractivity contribution in [2.45, 2.75) is 0 Å². The van der Waals surface area contributed by atoms with Crippen molar-refractivity contribution in [2.75, 3.05) is 12.4 Å². The highest BCUT2D eigenvalue weighted by Crippen LogP contribution is 2.43. The van der Waals surface area contributed by atoms with E-state index < -0.39 is 11.8 Å². The highest BCUT2D eigenvalue weighted by molar-refractivity contribution is 6.11. The van der Waals surface area contributed by atoms with Crippen LogP contribution in [-0.4, -0.2) is 18.9 Å². The molecule has 5 aromatic carbocycles. The minimum atomic E-state index is -0.480. The van der Waals surface area contributed by atoms with Gasteiger partial charge in [-0.3, -0.25) is 9.59 Å². The maximum Gasteiger partial charge on any atom is 0.272 e. The van der Waals surface area contributed by atoms with E-state index in [1.807, 2.05) is 97.1 Å². The molecule has 1 aromatic heterocycles. The first kappa shape index (κ1) is 27.3. The Balaban J connectivity index is 1.49. The number of carbonyl (C=O) groups excluding carboxylic acids is 2. The quantitative estimate of drug-likeness (QED) is 0.183. The summed E-state index contributed by atoms with van der Waals surface area (Å²) >= 11 is 0. The Kier molecular flexibility index (Phi) is 7.82. The first-order valence-electron chi connectivity index (χ1n) is 13.8. The molecule has 6 nitrogen and oxygen atoms in total. The van der Waals surface area contributed by atoms with Gasteiger partial charge in [0.1, 0.15) is 22.8 Å². The molecular formula is C37H28N2O4. The van der Waals surface area contributed by atoms with Gasteiger partial charge in [-0.15, -0.1) is 0 Å². The fraction of sp³-hybridized carbons (Fsp3) is 0.0270. The van der Waals surface area contributed by atoms with Crippen LogP contribution in [0.4, 0.5) is 5.69 Å². The minimum Gasteiger partial charge on any atom is -0.496 e. The van der Waals surface area contributed by atoms with Crippen LogP contribution in [0.25, 0.3) is 39.5 Å². The largest absolute Gasteiger partial charge is 0.496 e. The molecule has 0 atom stereocenters. The van der Waals surface area contributed by atoms with Crippen LogP contribution < -0.4 is 15.4 Å². The molecule has 6 rings (SSSR count). The number of ether oxygens (including phenoxy) is 1. The SMILES string of the molecule is COc1cc2c(-c3ccccc3)c(-c3ccccc3)oc2cc1/C=C(/NC(=O)c1ccccc1)C(=O)Nc1ccccc1. The third-order valence-corrected chi connectivity index (χ3v) is 7.00. The van der Waals surface area contributed by atoms with Crippen molar-refractivity contribution in [3.8, 4) is 28.2 Å². The zero-order valence-corrected chi connectivity index (χ0v) is 23.4. The van der Waals surface area contributed by atoms with Gasteiger partial charge in [0.2, 0.25) is 0 Å². The van der Waals surface area contributed by atoms with E-state index in [0.717, 1.165) is 27.8 Å². The van der Waals surface area contributed by atoms with Crippen molar-refractivity contribution < 1.29 is 18.7 Å². The van der Waals surface area contributed by atoms with Crippen LogP contribution in [-0.2, 0) is 4.79 Å². The summed E-state index contributed by atoms with van der Waals surface area (Å²) < 4.78 is 12.3. The topological polar surface area (TPSA) is 80.6 Å². The number of amides is 2. The average molecular weight is 565 g/mol. The molecule has 0 bridgehead atoms. The summed E-state index contributed by atoms with van der Waals surface area (Å²) in [6.45, 7) is 0. The summed E-state index contributed by atoms with van der Waals surface area (Å²) in [7, 11) is 1.57. The number of furan rings is 1. The van der Waals surface area contributed by atoms with Crippen LogP contribution in [0.1, 0.15) is 15.9 Å². The number of para-hydroxylation sites is 1. The normalized spacial score (nSPS) is 11.2. The van der Waals surface area contributed by atoms with E-state index in [2.05, 4.69) is 10.6 Å². The molecule has 0 saturated carbocycles. The van der Waals surface area contributed by atoms with E-state index in [1.165, 1.54) is 0 Å². The van der Waals surface area contributed by atoms with Gasteiger partial charge in [-0.1, -0.05) is 97.1 Å². The third kappa shape index (κ3) is 5.94. The Morgan fingerprint density at radius 3 is 1.93 bits per heavy atom. The Morgan fingerprint density at radius 1 is 0.721 bits per heavy atom. The van der Waals surface area contributed by atoms with Crippen LogP contribution in [0.15, 0.2) is 144 Å². The van der Waals surface area contributed by atoms with Crippen LogP contribution in [0.2, 0.25) is 0 Å². The van der Waals surface area contributed by atoms with Gasteiger partial charge < -0.3 is 19.8 Å². The van der Waals surface area contributed by atoms with Gasteiger partial charge in [-0.05, 0) is 48.0 Å². The van der Waals surface area contributed by atoms with Crippen molar-refractivity contribution in [2.24, 2.45) is 0 Å². The molecule has 210 valence electrons. The molecule has 0 unspecified atom stereocenters. The molecule has 6 aromatic rings. The predicted octanol–water partition coefficient (Wildman–Crippen LogP) is 8.19. The van der Waals surface area contributed by atoms with Gasteiger partial charge >= 0.3 is 0 Å². The van der Waals surface area contributed by atoms with Gasteiger partial charge in [0, 0.05) is 33.3 Å². The van der Waals surface area contributed by atoms with Crippen molar-refractivity contribution >= 4 is 34.5 Å². The Labute approximate surface area is 249 Å². The predicted molar refractivity (Wildman–Crippen MR) is 171 cm³/mol. The summed E-state index contributed by atoms with van der Waals surface area (Å²) in [5, 5.41) is 6.52. The van der Waals surface area contributed by atoms with E-state index in [4.69, 9.17) is 9.15 Å². The lowest BCUT2D eigenvalue weighted by atomic mass is 9.97. The number of hydrogen-bond donors (Lipinski definition) is 2. The lowest BCUT2D eigenvalue weighted by Gasteiger charge is -2.13. The number of anilines is 1. The average Bonchev–Trinajstić information content (AvgIpc) is 3.44. The Bertz CT molecular complexity index is 1910. The molecule has 2 amide bonds. The van der Waals surface area contributed by atoms with Gasteiger partial charge in [-0.2, -0.15) is 0 Å². The maximum atomic E-state index is 13.5. The molecule has 0 spiro atoms. The summed E-state index contributed by atoms with van der Waals surface area (Å²) in [5.74, 6) is 0.353. The van der Waals surface area contributed by atoms with Crippen LogP contribution >= 0.6 is 0 Å². The molecule has 43 heavy (non-hydrogen) atoms. The summed E-state index contributed by atoms with van der Waals surface area (Å²) in [6, 6.07) is 41.5. The summed E-state index contributed by atoms with van der Waals surface area (Å²) in [4.78, 5) is 26.7. The molecule has 0 aliphatic heterocycles. The van der Waals surface area contributed by atoms with Gasteiger partial charge in [0.25, 0.3) is 11.8 Å². The number of benzene rings is 5. The smallest absolute Gasteiger partial charge is 0.272 e. The maximum absolute atomic E-state index is 13.5. The third-order valence-electron chi connectivity index (χ3n) is 7.00. The second-order valence-corrected chi connectivity index (χ2v) is 9.83. The number of methoxy groups -OCH3 is 1. The zero-order chi connectivity index (χ0) is 29.6. The van der Waals surface area contributed by atoms with E-state index in [9.17, 15) is 9.59 Å². The molecule has 0 saturated heterocycles. The number of hydrogen-bond acceptors (Lipinski definition) is 4. The highest BCUT2D eigenvalue weighted by Gasteiger charge is 2.21. The van der Waals surface area contributed by atoms with E-state index >= 15 is 0 Å². The lowest BCUT2D eigenvalue weighted by molar-refractivity contribution is -0.113. The second-order valence-electron chi connectivity index (χ2n) is 9.83. The van der Waals surface area contributed by atoms with Crippen LogP contribution in [0.3, 0.4) is 0 Å². The molecule has 0 fully saturated rings. The monoisotopic (exact) mass is 564 g/mol. The Morgan fingerprint density at radius 2 is 1.30 bits per heavy atom. The lowest BCUT2D eigenvalue weighted by Crippen LogP contribution is -2.30. The molecular weight excluding hydrogens is 536 g/mol. The second kappa shape index (κ2) is 12.3. The van der Waals surface area contributed by atoms with E-state index in [1.54, 1.807) is 49.6 Å². The van der Waals surface area contributed by atoms with Gasteiger partial charge in [0.15, 0.2) is 0 Å². The molecule has 0 aliphatic rings. The molecule has 6 heteroatoms. The van der Waals surface area contributed by atoms with Crippen LogP contribution in [0, 0.1) is 0 Å². The number of carbonyl (C=O) groups is 2. The van der Waals surface area contributed by atoms with Gasteiger partial charge in [-0.25, -0.2) is 0 Å². The van der Waals surface area contributed by atoms with E-state index in [0.29, 0.717) is 28.1 Å². The van der Waals surface area contributed by atoms with Crippen LogP contribution in [0.5, 0.6) is 5.75 Å². The fourth-order valence-corrected chi connectivity index (χ4v) is 4.93. The molecule has 1 heterocycles. The number of rotatable bonds is 8. The summed E-state index contributed by atoms with van der Waals surface area (Å²) in [6.07, 6.45) is 1.60. The molecule has 0 radical (unpaired) electrons. The molecule has 0 aliphatic carbocycles. The van der Waals surface area contributed by atoms with Crippen molar-refractivity contribution in [3.63, 3.8) is 0 Å². The Hall–Kier alpha value is -5.88. The highest BCUT2D eigenvalue weighted by atomic mass is 16.5. The fourth-order valence-electron chi connectivity index (χ4n) is 4.93. The van der Waals surface area contributed by atoms with Crippen molar-refractivity contribution in [3.05, 3.63) is 150 Å². The van der Waals surface area contributed by atoms with Crippen molar-refractivity contribution in [1.82, 2.24) is 5.32 Å². The van der Waals surface area contributed by atoms with E-state index in [-0.39, 0.29) is 5.70 Å². The standard InChI is InChI=1S/C37H28N2O4/c1-42-32-24-30-33(43-35(26-16-8-3-9-17-26)34(30)25-14-6-2-7-15-25)23-28(32)22-31(37(41)38-29-20-12-5-13-21-29)39-36(40)27-18-10-4-11-19-27/h2-24H,1H3,(H,38,41)(H,39,40)/b31-22+. The first-order chi connectivity index (χ1) is 21.1.